The molecule has 4 rings (SSSR count). The number of nitrogens with zero attached hydrogens (tertiary/aromatic N) is 2. The third-order valence-corrected chi connectivity index (χ3v) is 5.85. The number of aliphatic carboxylic acids is 2. The zero-order valence-electron chi connectivity index (χ0n) is 17.8. The van der Waals surface area contributed by atoms with E-state index in [1.54, 1.807) is 0 Å². The Balaban J connectivity index is 0.000000293. The molecular formula is C23H32N2O6. The molecular weight excluding hydrogens is 400 g/mol. The molecule has 0 unspecified atom stereocenters. The van der Waals surface area contributed by atoms with Gasteiger partial charge < -0.3 is 24.6 Å². The molecule has 1 spiro atoms. The highest BCUT2D eigenvalue weighted by molar-refractivity contribution is 5.89. The predicted molar refractivity (Wildman–Crippen MR) is 116 cm³/mol. The third-order valence-electron chi connectivity index (χ3n) is 5.85. The quantitative estimate of drug-likeness (QED) is 0.685. The summed E-state index contributed by atoms with van der Waals surface area (Å²) in [6.07, 6.45) is 7.39. The maximum Gasteiger partial charge on any atom is 0.328 e. The van der Waals surface area contributed by atoms with Gasteiger partial charge in [-0.25, -0.2) is 9.59 Å². The zero-order valence-corrected chi connectivity index (χ0v) is 17.8. The van der Waals surface area contributed by atoms with Crippen LogP contribution >= 0.6 is 0 Å². The highest BCUT2D eigenvalue weighted by Gasteiger charge is 2.42. The van der Waals surface area contributed by atoms with Crippen molar-refractivity contribution < 1.29 is 29.3 Å². The summed E-state index contributed by atoms with van der Waals surface area (Å²) in [7, 11) is 0. The Kier molecular flexibility index (Phi) is 8.45. The molecule has 0 amide bonds. The number of piperazine rings is 1. The lowest BCUT2D eigenvalue weighted by Crippen LogP contribution is -2.49. The average molecular weight is 433 g/mol. The van der Waals surface area contributed by atoms with E-state index < -0.39 is 11.9 Å². The summed E-state index contributed by atoms with van der Waals surface area (Å²) in [5.41, 5.74) is 1.34. The molecule has 0 bridgehead atoms. The summed E-state index contributed by atoms with van der Waals surface area (Å²) in [5.74, 6) is -2.74. The van der Waals surface area contributed by atoms with Gasteiger partial charge in [-0.05, 0) is 25.0 Å². The fourth-order valence-electron chi connectivity index (χ4n) is 4.32. The highest BCUT2D eigenvalue weighted by Crippen LogP contribution is 2.37. The molecule has 1 atom stereocenters. The summed E-state index contributed by atoms with van der Waals surface area (Å²) < 4.78 is 12.4. The Labute approximate surface area is 183 Å². The fourth-order valence-corrected chi connectivity index (χ4v) is 4.32. The molecule has 170 valence electrons. The molecule has 1 aliphatic carbocycles. The number of carbonyl (C=O) groups is 2. The largest absolute Gasteiger partial charge is 0.478 e. The predicted octanol–water partition coefficient (Wildman–Crippen LogP) is 2.60. The van der Waals surface area contributed by atoms with Crippen molar-refractivity contribution >= 4 is 17.6 Å². The summed E-state index contributed by atoms with van der Waals surface area (Å²) in [4.78, 5) is 24.1. The van der Waals surface area contributed by atoms with Crippen LogP contribution in [0.4, 0.5) is 5.69 Å². The molecule has 2 aliphatic heterocycles. The van der Waals surface area contributed by atoms with Crippen molar-refractivity contribution in [2.45, 2.75) is 44.0 Å². The molecule has 1 aromatic rings. The molecule has 2 N–H and O–H groups in total. The summed E-state index contributed by atoms with van der Waals surface area (Å²) in [6, 6.07) is 10.7. The van der Waals surface area contributed by atoms with E-state index in [1.807, 2.05) is 0 Å². The first kappa shape index (κ1) is 23.2. The molecule has 8 heteroatoms. The topological polar surface area (TPSA) is 99.5 Å². The van der Waals surface area contributed by atoms with Crippen molar-refractivity contribution in [2.24, 2.45) is 0 Å². The van der Waals surface area contributed by atoms with Crippen LogP contribution in [0.2, 0.25) is 0 Å². The summed E-state index contributed by atoms with van der Waals surface area (Å²) >= 11 is 0. The zero-order chi connectivity index (χ0) is 22.1. The first-order valence-electron chi connectivity index (χ1n) is 10.9. The first-order chi connectivity index (χ1) is 15.0. The van der Waals surface area contributed by atoms with Crippen LogP contribution in [0.25, 0.3) is 0 Å². The Morgan fingerprint density at radius 1 is 0.968 bits per heavy atom. The van der Waals surface area contributed by atoms with Crippen molar-refractivity contribution in [1.29, 1.82) is 0 Å². The monoisotopic (exact) mass is 432 g/mol. The van der Waals surface area contributed by atoms with Crippen LogP contribution in [0.3, 0.4) is 0 Å². The van der Waals surface area contributed by atoms with Gasteiger partial charge in [0.1, 0.15) is 0 Å². The SMILES string of the molecule is O=C(O)/C=C/C(=O)O.c1ccc(N2CCN(C[C@@H]3COC4(CCCCC4)O3)CC2)cc1. The molecule has 2 saturated heterocycles. The maximum absolute atomic E-state index is 9.55. The Bertz CT molecular complexity index is 724. The highest BCUT2D eigenvalue weighted by atomic mass is 16.7. The van der Waals surface area contributed by atoms with Crippen LogP contribution in [0.1, 0.15) is 32.1 Å². The van der Waals surface area contributed by atoms with Gasteiger partial charge in [0.15, 0.2) is 5.79 Å². The van der Waals surface area contributed by atoms with Gasteiger partial charge in [-0.2, -0.15) is 0 Å². The van der Waals surface area contributed by atoms with Crippen molar-refractivity contribution in [3.63, 3.8) is 0 Å². The van der Waals surface area contributed by atoms with E-state index in [9.17, 15) is 9.59 Å². The van der Waals surface area contributed by atoms with Gasteiger partial charge in [0.2, 0.25) is 0 Å². The van der Waals surface area contributed by atoms with Gasteiger partial charge in [-0.1, -0.05) is 24.6 Å². The lowest BCUT2D eigenvalue weighted by molar-refractivity contribution is -0.188. The fraction of sp³-hybridized carbons (Fsp3) is 0.565. The second-order valence-corrected chi connectivity index (χ2v) is 8.16. The number of ether oxygens (including phenoxy) is 2. The van der Waals surface area contributed by atoms with Gasteiger partial charge >= 0.3 is 11.9 Å². The first-order valence-corrected chi connectivity index (χ1v) is 10.9. The number of carboxylic acids is 2. The third kappa shape index (κ3) is 7.34. The Morgan fingerprint density at radius 3 is 2.16 bits per heavy atom. The van der Waals surface area contributed by atoms with E-state index in [0.717, 1.165) is 52.2 Å². The van der Waals surface area contributed by atoms with Gasteiger partial charge in [0.25, 0.3) is 0 Å². The molecule has 1 saturated carbocycles. The molecule has 1 aromatic carbocycles. The molecule has 0 aromatic heterocycles. The number of carboxylic acid groups (broad SMARTS) is 2. The van der Waals surface area contributed by atoms with Gasteiger partial charge in [0, 0.05) is 63.4 Å². The minimum atomic E-state index is -1.26. The molecule has 8 nitrogen and oxygen atoms in total. The number of benzene rings is 1. The normalized spacial score (nSPS) is 23.5. The van der Waals surface area contributed by atoms with E-state index in [-0.39, 0.29) is 11.9 Å². The van der Waals surface area contributed by atoms with Crippen LogP contribution in [-0.2, 0) is 19.1 Å². The molecule has 0 radical (unpaired) electrons. The number of anilines is 1. The van der Waals surface area contributed by atoms with Crippen LogP contribution in [0, 0.1) is 0 Å². The Hall–Kier alpha value is -2.42. The second-order valence-electron chi connectivity index (χ2n) is 8.16. The van der Waals surface area contributed by atoms with Gasteiger partial charge in [0.05, 0.1) is 12.7 Å². The van der Waals surface area contributed by atoms with Crippen molar-refractivity contribution in [3.05, 3.63) is 42.5 Å². The second kappa shape index (κ2) is 11.3. The summed E-state index contributed by atoms with van der Waals surface area (Å²) in [6.45, 7) is 6.22. The van der Waals surface area contributed by atoms with Gasteiger partial charge in [-0.15, -0.1) is 0 Å². The molecule has 3 fully saturated rings. The van der Waals surface area contributed by atoms with E-state index in [1.165, 1.54) is 24.9 Å². The maximum atomic E-state index is 9.55. The Morgan fingerprint density at radius 2 is 1.58 bits per heavy atom. The smallest absolute Gasteiger partial charge is 0.328 e. The van der Waals surface area contributed by atoms with Crippen molar-refractivity contribution in [1.82, 2.24) is 4.90 Å². The number of hydrogen-bond acceptors (Lipinski definition) is 6. The van der Waals surface area contributed by atoms with Crippen molar-refractivity contribution in [3.8, 4) is 0 Å². The molecule has 31 heavy (non-hydrogen) atoms. The number of rotatable bonds is 5. The van der Waals surface area contributed by atoms with Crippen LogP contribution < -0.4 is 4.90 Å². The van der Waals surface area contributed by atoms with E-state index in [0.29, 0.717) is 12.2 Å². The van der Waals surface area contributed by atoms with Crippen LogP contribution in [0.15, 0.2) is 42.5 Å². The lowest BCUT2D eigenvalue weighted by Gasteiger charge is -2.37. The number of hydrogen-bond donors (Lipinski definition) is 2. The van der Waals surface area contributed by atoms with Gasteiger partial charge in [-0.3, -0.25) is 4.90 Å². The van der Waals surface area contributed by atoms with E-state index >= 15 is 0 Å². The lowest BCUT2D eigenvalue weighted by atomic mass is 9.94. The van der Waals surface area contributed by atoms with Crippen LogP contribution in [-0.4, -0.2) is 78.3 Å². The molecule has 3 aliphatic rings. The minimum absolute atomic E-state index is 0.227. The molecule has 2 heterocycles. The van der Waals surface area contributed by atoms with Crippen LogP contribution in [0.5, 0.6) is 0 Å². The van der Waals surface area contributed by atoms with E-state index in [2.05, 4.69) is 40.1 Å². The average Bonchev–Trinajstić information content (AvgIpc) is 3.16. The number of para-hydroxylation sites is 1. The minimum Gasteiger partial charge on any atom is -0.478 e. The standard InChI is InChI=1S/C19H28N2O2.C4H4O4/c1-3-7-17(8-4-1)21-13-11-20(12-14-21)15-18-16-22-19(23-18)9-5-2-6-10-19;5-3(6)1-2-4(7)8/h1,3-4,7-8,18H,2,5-6,9-16H2;1-2H,(H,5,6)(H,7,8)/b;2-1+/t18-;/m1./s1. The van der Waals surface area contributed by atoms with Crippen molar-refractivity contribution in [2.75, 3.05) is 44.2 Å². The van der Waals surface area contributed by atoms with E-state index in [4.69, 9.17) is 19.7 Å². The summed E-state index contributed by atoms with van der Waals surface area (Å²) in [5, 5.41) is 15.6.